The zero-order chi connectivity index (χ0) is 21.7. The van der Waals surface area contributed by atoms with Crippen LogP contribution in [0.3, 0.4) is 0 Å². The first-order chi connectivity index (χ1) is 14.3. The third-order valence-corrected chi connectivity index (χ3v) is 4.90. The highest BCUT2D eigenvalue weighted by Crippen LogP contribution is 2.26. The summed E-state index contributed by atoms with van der Waals surface area (Å²) < 4.78 is 5.70. The van der Waals surface area contributed by atoms with Crippen molar-refractivity contribution >= 4 is 29.9 Å². The van der Waals surface area contributed by atoms with Crippen molar-refractivity contribution in [3.63, 3.8) is 0 Å². The van der Waals surface area contributed by atoms with Gasteiger partial charge in [-0.05, 0) is 56.7 Å². The molecule has 3 aromatic rings. The lowest BCUT2D eigenvalue weighted by atomic mass is 10.0. The van der Waals surface area contributed by atoms with E-state index in [-0.39, 0.29) is 17.2 Å². The van der Waals surface area contributed by atoms with Gasteiger partial charge in [0.2, 0.25) is 0 Å². The van der Waals surface area contributed by atoms with Gasteiger partial charge in [0.1, 0.15) is 11.5 Å². The van der Waals surface area contributed by atoms with E-state index in [0.29, 0.717) is 22.2 Å². The second-order valence-corrected chi connectivity index (χ2v) is 7.49. The summed E-state index contributed by atoms with van der Waals surface area (Å²) in [5.74, 6) is -0.223. The molecule has 154 valence electrons. The Kier molecular flexibility index (Phi) is 6.63. The van der Waals surface area contributed by atoms with E-state index in [9.17, 15) is 9.59 Å². The molecule has 2 heterocycles. The van der Waals surface area contributed by atoms with Crippen LogP contribution in [0, 0.1) is 20.8 Å². The molecule has 2 N–H and O–H groups in total. The number of aromatic carboxylic acids is 1. The molecule has 2 aromatic heterocycles. The molecule has 30 heavy (non-hydrogen) atoms. The minimum atomic E-state index is -1.00. The molecule has 8 nitrogen and oxygen atoms in total. The fourth-order valence-electron chi connectivity index (χ4n) is 2.68. The van der Waals surface area contributed by atoms with Crippen LogP contribution in [0.2, 0.25) is 0 Å². The number of carbonyl (C=O) groups is 2. The van der Waals surface area contributed by atoms with Gasteiger partial charge >= 0.3 is 5.97 Å². The Hall–Kier alpha value is -3.46. The van der Waals surface area contributed by atoms with Gasteiger partial charge in [-0.15, -0.1) is 0 Å². The maximum absolute atomic E-state index is 12.0. The molecular formula is C21H20N4O4S. The van der Waals surface area contributed by atoms with E-state index in [2.05, 4.69) is 20.5 Å². The molecule has 0 aliphatic carbocycles. The molecule has 0 saturated heterocycles. The fourth-order valence-corrected chi connectivity index (χ4v) is 3.42. The first-order valence-electron chi connectivity index (χ1n) is 9.03. The van der Waals surface area contributed by atoms with Crippen LogP contribution in [0.15, 0.2) is 51.1 Å². The Morgan fingerprint density at radius 1 is 1.13 bits per heavy atom. The summed E-state index contributed by atoms with van der Waals surface area (Å²) in [6.07, 6.45) is 1.38. The van der Waals surface area contributed by atoms with Gasteiger partial charge < -0.3 is 9.52 Å². The average molecular weight is 424 g/mol. The number of hydrogen-bond acceptors (Lipinski definition) is 7. The number of rotatable bonds is 7. The van der Waals surface area contributed by atoms with Crippen LogP contribution in [-0.2, 0) is 4.79 Å². The molecule has 0 aliphatic heterocycles. The van der Waals surface area contributed by atoms with E-state index < -0.39 is 5.97 Å². The Bertz CT molecular complexity index is 1100. The molecule has 0 saturated carbocycles. The molecule has 1 aromatic carbocycles. The normalized spacial score (nSPS) is 11.0. The summed E-state index contributed by atoms with van der Waals surface area (Å²) in [6.45, 7) is 5.62. The van der Waals surface area contributed by atoms with E-state index in [1.165, 1.54) is 18.0 Å². The van der Waals surface area contributed by atoms with Crippen LogP contribution in [0.25, 0.3) is 11.3 Å². The molecule has 0 bridgehead atoms. The van der Waals surface area contributed by atoms with Crippen LogP contribution < -0.4 is 5.43 Å². The maximum atomic E-state index is 12.0. The van der Waals surface area contributed by atoms with Crippen molar-refractivity contribution in [3.8, 4) is 11.3 Å². The monoisotopic (exact) mass is 424 g/mol. The number of aryl methyl sites for hydroxylation is 3. The third kappa shape index (κ3) is 5.54. The predicted octanol–water partition coefficient (Wildman–Crippen LogP) is 3.60. The molecular weight excluding hydrogens is 404 g/mol. The smallest absolute Gasteiger partial charge is 0.335 e. The van der Waals surface area contributed by atoms with Crippen molar-refractivity contribution in [2.75, 3.05) is 5.75 Å². The number of furan rings is 1. The van der Waals surface area contributed by atoms with Crippen molar-refractivity contribution in [1.82, 2.24) is 15.4 Å². The predicted molar refractivity (Wildman–Crippen MR) is 114 cm³/mol. The van der Waals surface area contributed by atoms with E-state index in [1.807, 2.05) is 26.8 Å². The molecule has 0 atom stereocenters. The third-order valence-electron chi connectivity index (χ3n) is 4.05. The fraction of sp³-hybridized carbons (Fsp3) is 0.190. The summed E-state index contributed by atoms with van der Waals surface area (Å²) in [7, 11) is 0. The number of amides is 1. The number of carboxylic acids is 1. The number of nitrogens with one attached hydrogen (secondary N) is 1. The lowest BCUT2D eigenvalue weighted by Gasteiger charge is -2.04. The molecule has 1 amide bonds. The second-order valence-electron chi connectivity index (χ2n) is 6.55. The Morgan fingerprint density at radius 3 is 2.57 bits per heavy atom. The van der Waals surface area contributed by atoms with Gasteiger partial charge in [-0.3, -0.25) is 4.79 Å². The lowest BCUT2D eigenvalue weighted by molar-refractivity contribution is -0.118. The lowest BCUT2D eigenvalue weighted by Crippen LogP contribution is -2.19. The van der Waals surface area contributed by atoms with Gasteiger partial charge in [0, 0.05) is 17.0 Å². The van der Waals surface area contributed by atoms with Crippen LogP contribution >= 0.6 is 11.8 Å². The number of hydrogen-bond donors (Lipinski definition) is 2. The molecule has 0 radical (unpaired) electrons. The Labute approximate surface area is 177 Å². The van der Waals surface area contributed by atoms with Crippen molar-refractivity contribution < 1.29 is 19.1 Å². The minimum absolute atomic E-state index is 0.130. The van der Waals surface area contributed by atoms with Crippen molar-refractivity contribution in [3.05, 3.63) is 64.7 Å². The van der Waals surface area contributed by atoms with Gasteiger partial charge in [0.25, 0.3) is 5.91 Å². The van der Waals surface area contributed by atoms with Crippen LogP contribution in [0.5, 0.6) is 0 Å². The highest BCUT2D eigenvalue weighted by molar-refractivity contribution is 7.99. The number of carbonyl (C=O) groups excluding carboxylic acids is 1. The number of nitrogens with zero attached hydrogens (tertiary/aromatic N) is 3. The topological polar surface area (TPSA) is 118 Å². The number of hydrazone groups is 1. The minimum Gasteiger partial charge on any atom is -0.478 e. The van der Waals surface area contributed by atoms with Crippen molar-refractivity contribution in [1.29, 1.82) is 0 Å². The summed E-state index contributed by atoms with van der Waals surface area (Å²) in [4.78, 5) is 31.7. The van der Waals surface area contributed by atoms with Gasteiger partial charge in [0.15, 0.2) is 5.16 Å². The van der Waals surface area contributed by atoms with Crippen LogP contribution in [-0.4, -0.2) is 38.9 Å². The van der Waals surface area contributed by atoms with Gasteiger partial charge in [-0.1, -0.05) is 17.8 Å². The summed E-state index contributed by atoms with van der Waals surface area (Å²) in [6, 6.07) is 10.1. The number of aromatic nitrogens is 2. The van der Waals surface area contributed by atoms with E-state index in [4.69, 9.17) is 9.52 Å². The molecule has 9 heteroatoms. The molecule has 0 fully saturated rings. The largest absolute Gasteiger partial charge is 0.478 e. The molecule has 0 aliphatic rings. The second kappa shape index (κ2) is 9.36. The zero-order valence-corrected chi connectivity index (χ0v) is 17.5. The van der Waals surface area contributed by atoms with E-state index in [1.54, 1.807) is 30.3 Å². The van der Waals surface area contributed by atoms with Crippen LogP contribution in [0.1, 0.15) is 33.1 Å². The van der Waals surface area contributed by atoms with Crippen molar-refractivity contribution in [2.24, 2.45) is 5.10 Å². The van der Waals surface area contributed by atoms with E-state index >= 15 is 0 Å². The SMILES string of the molecule is Cc1cc(C)nc(SCC(=O)N/N=C/c2ccc(-c3cc(C(=O)O)ccc3C)o2)n1. The number of benzene rings is 1. The summed E-state index contributed by atoms with van der Waals surface area (Å²) in [5.41, 5.74) is 5.88. The highest BCUT2D eigenvalue weighted by Gasteiger charge is 2.11. The van der Waals surface area contributed by atoms with Crippen molar-refractivity contribution in [2.45, 2.75) is 25.9 Å². The Morgan fingerprint density at radius 2 is 1.87 bits per heavy atom. The van der Waals surface area contributed by atoms with E-state index in [0.717, 1.165) is 17.0 Å². The Balaban J connectivity index is 1.59. The number of carboxylic acid groups (broad SMARTS) is 1. The first-order valence-corrected chi connectivity index (χ1v) is 10.0. The zero-order valence-electron chi connectivity index (χ0n) is 16.7. The quantitative estimate of drug-likeness (QED) is 0.257. The summed E-state index contributed by atoms with van der Waals surface area (Å²) >= 11 is 1.23. The van der Waals surface area contributed by atoms with Gasteiger partial charge in [0.05, 0.1) is 17.5 Å². The first kappa shape index (κ1) is 21.3. The molecule has 3 rings (SSSR count). The van der Waals surface area contributed by atoms with Crippen LogP contribution in [0.4, 0.5) is 0 Å². The van der Waals surface area contributed by atoms with Gasteiger partial charge in [-0.2, -0.15) is 5.10 Å². The highest BCUT2D eigenvalue weighted by atomic mass is 32.2. The average Bonchev–Trinajstić information content (AvgIpc) is 3.14. The summed E-state index contributed by atoms with van der Waals surface area (Å²) in [5, 5.41) is 13.6. The maximum Gasteiger partial charge on any atom is 0.335 e. The molecule has 0 unspecified atom stereocenters. The van der Waals surface area contributed by atoms with Gasteiger partial charge in [-0.25, -0.2) is 20.2 Å². The molecule has 0 spiro atoms. The number of thioether (sulfide) groups is 1. The standard InChI is InChI=1S/C21H20N4O4S/c1-12-4-5-15(20(27)28)9-17(12)18-7-6-16(29-18)10-22-25-19(26)11-30-21-23-13(2)8-14(3)24-21/h4-10H,11H2,1-3H3,(H,25,26)(H,27,28)/b22-10+.